The fraction of sp³-hybridized carbons (Fsp3) is 0.333. The van der Waals surface area contributed by atoms with Gasteiger partial charge in [-0.3, -0.25) is 0 Å². The zero-order valence-electron chi connectivity index (χ0n) is 13.5. The molecule has 2 unspecified atom stereocenters. The van der Waals surface area contributed by atoms with Gasteiger partial charge in [0.15, 0.2) is 0 Å². The van der Waals surface area contributed by atoms with Gasteiger partial charge < -0.3 is 10.3 Å². The molecule has 2 aromatic carbocycles. The summed E-state index contributed by atoms with van der Waals surface area (Å²) in [6, 6.07) is 19.9. The predicted molar refractivity (Wildman–Crippen MR) is 96.7 cm³/mol. The summed E-state index contributed by atoms with van der Waals surface area (Å²) in [5, 5.41) is 1.41. The van der Waals surface area contributed by atoms with Crippen LogP contribution in [0, 0.1) is 0 Å². The van der Waals surface area contributed by atoms with Gasteiger partial charge in [-0.05, 0) is 42.4 Å². The van der Waals surface area contributed by atoms with E-state index in [0.29, 0.717) is 12.0 Å². The Kier molecular flexibility index (Phi) is 3.92. The Hall–Kier alpha value is -2.06. The molecular formula is C21H24N2. The topological polar surface area (TPSA) is 30.9 Å². The number of aromatic nitrogens is 1. The van der Waals surface area contributed by atoms with Crippen molar-refractivity contribution in [2.75, 3.05) is 0 Å². The van der Waals surface area contributed by atoms with Gasteiger partial charge in [-0.1, -0.05) is 55.0 Å². The molecule has 1 fully saturated rings. The first-order chi connectivity index (χ1) is 11.3. The van der Waals surface area contributed by atoms with Gasteiger partial charge in [0.2, 0.25) is 0 Å². The van der Waals surface area contributed by atoms with Crippen LogP contribution >= 0.6 is 0 Å². The first kappa shape index (κ1) is 14.5. The minimum Gasteiger partial charge on any atom is -0.343 e. The summed E-state index contributed by atoms with van der Waals surface area (Å²) in [7, 11) is 0. The van der Waals surface area contributed by atoms with Crippen LogP contribution in [0.3, 0.4) is 0 Å². The summed E-state index contributed by atoms with van der Waals surface area (Å²) in [4.78, 5) is 0. The van der Waals surface area contributed by atoms with E-state index >= 15 is 0 Å². The Morgan fingerprint density at radius 3 is 2.57 bits per heavy atom. The number of hydrogen-bond donors (Lipinski definition) is 1. The summed E-state index contributed by atoms with van der Waals surface area (Å²) < 4.78 is 2.40. The van der Waals surface area contributed by atoms with E-state index in [-0.39, 0.29) is 0 Å². The molecule has 118 valence electrons. The standard InChI is InChI=1S/C21H24N2/c22-18-10-6-9-17(13-18)20-15-23(14-16-7-2-1-3-8-16)21-12-5-4-11-19(20)21/h1-5,7-8,11-12,15,17-18H,6,9-10,13-14,22H2. The molecule has 0 radical (unpaired) electrons. The monoisotopic (exact) mass is 304 g/mol. The van der Waals surface area contributed by atoms with Crippen LogP contribution in [0.2, 0.25) is 0 Å². The second kappa shape index (κ2) is 6.21. The van der Waals surface area contributed by atoms with Crippen molar-refractivity contribution < 1.29 is 0 Å². The van der Waals surface area contributed by atoms with Gasteiger partial charge in [0, 0.05) is 29.7 Å². The van der Waals surface area contributed by atoms with Crippen LogP contribution in [0.1, 0.15) is 42.7 Å². The van der Waals surface area contributed by atoms with Crippen LogP contribution in [0.4, 0.5) is 0 Å². The molecule has 2 nitrogen and oxygen atoms in total. The van der Waals surface area contributed by atoms with E-state index in [1.807, 2.05) is 0 Å². The van der Waals surface area contributed by atoms with E-state index in [9.17, 15) is 0 Å². The molecule has 1 heterocycles. The molecule has 1 aromatic heterocycles. The molecule has 3 aromatic rings. The maximum absolute atomic E-state index is 6.23. The molecule has 1 aliphatic rings. The summed E-state index contributed by atoms with van der Waals surface area (Å²) >= 11 is 0. The van der Waals surface area contributed by atoms with Crippen LogP contribution in [-0.4, -0.2) is 10.6 Å². The number of rotatable bonds is 3. The van der Waals surface area contributed by atoms with Crippen molar-refractivity contribution in [3.8, 4) is 0 Å². The lowest BCUT2D eigenvalue weighted by Gasteiger charge is -2.26. The molecule has 2 atom stereocenters. The summed E-state index contributed by atoms with van der Waals surface area (Å²) in [5.74, 6) is 0.612. The number of hydrogen-bond acceptors (Lipinski definition) is 1. The van der Waals surface area contributed by atoms with E-state index in [1.165, 1.54) is 41.3 Å². The smallest absolute Gasteiger partial charge is 0.0486 e. The van der Waals surface area contributed by atoms with Gasteiger partial charge in [0.05, 0.1) is 0 Å². The van der Waals surface area contributed by atoms with E-state index < -0.39 is 0 Å². The van der Waals surface area contributed by atoms with Crippen molar-refractivity contribution in [3.63, 3.8) is 0 Å². The molecule has 1 saturated carbocycles. The maximum Gasteiger partial charge on any atom is 0.0486 e. The Labute approximate surface area is 137 Å². The van der Waals surface area contributed by atoms with Gasteiger partial charge >= 0.3 is 0 Å². The lowest BCUT2D eigenvalue weighted by Crippen LogP contribution is -2.26. The van der Waals surface area contributed by atoms with Crippen LogP contribution in [0.5, 0.6) is 0 Å². The molecule has 0 bridgehead atoms. The Morgan fingerprint density at radius 2 is 1.74 bits per heavy atom. The fourth-order valence-corrected chi connectivity index (χ4v) is 4.02. The largest absolute Gasteiger partial charge is 0.343 e. The van der Waals surface area contributed by atoms with Crippen LogP contribution in [-0.2, 0) is 6.54 Å². The van der Waals surface area contributed by atoms with Crippen LogP contribution in [0.15, 0.2) is 60.8 Å². The van der Waals surface area contributed by atoms with E-state index in [4.69, 9.17) is 5.73 Å². The quantitative estimate of drug-likeness (QED) is 0.748. The van der Waals surface area contributed by atoms with Gasteiger partial charge in [0.25, 0.3) is 0 Å². The molecule has 2 heteroatoms. The van der Waals surface area contributed by atoms with Crippen molar-refractivity contribution in [2.24, 2.45) is 5.73 Å². The average molecular weight is 304 g/mol. The second-order valence-electron chi connectivity index (χ2n) is 6.84. The summed E-state index contributed by atoms with van der Waals surface area (Å²) in [6.45, 7) is 0.931. The zero-order valence-corrected chi connectivity index (χ0v) is 13.5. The number of nitrogens with zero attached hydrogens (tertiary/aromatic N) is 1. The number of fused-ring (bicyclic) bond motifs is 1. The van der Waals surface area contributed by atoms with Crippen molar-refractivity contribution in [1.29, 1.82) is 0 Å². The molecule has 0 spiro atoms. The number of nitrogens with two attached hydrogens (primary N) is 1. The minimum absolute atomic E-state index is 0.366. The lowest BCUT2D eigenvalue weighted by atomic mass is 9.81. The van der Waals surface area contributed by atoms with Gasteiger partial charge in [-0.25, -0.2) is 0 Å². The van der Waals surface area contributed by atoms with Gasteiger partial charge in [-0.15, -0.1) is 0 Å². The number of benzene rings is 2. The highest BCUT2D eigenvalue weighted by molar-refractivity contribution is 5.84. The Balaban J connectivity index is 1.74. The third kappa shape index (κ3) is 2.91. The first-order valence-corrected chi connectivity index (χ1v) is 8.68. The molecule has 4 rings (SSSR count). The van der Waals surface area contributed by atoms with Gasteiger partial charge in [-0.2, -0.15) is 0 Å². The van der Waals surface area contributed by atoms with E-state index in [0.717, 1.165) is 13.0 Å². The Bertz CT molecular complexity index is 788. The van der Waals surface area contributed by atoms with Crippen LogP contribution in [0.25, 0.3) is 10.9 Å². The van der Waals surface area contributed by atoms with Crippen molar-refractivity contribution in [1.82, 2.24) is 4.57 Å². The average Bonchev–Trinajstić information content (AvgIpc) is 2.95. The highest BCUT2D eigenvalue weighted by Gasteiger charge is 2.23. The molecular weight excluding hydrogens is 280 g/mol. The predicted octanol–water partition coefficient (Wildman–Crippen LogP) is 4.67. The molecule has 0 saturated heterocycles. The summed E-state index contributed by atoms with van der Waals surface area (Å²) in [5.41, 5.74) is 10.4. The zero-order chi connectivity index (χ0) is 15.6. The minimum atomic E-state index is 0.366. The first-order valence-electron chi connectivity index (χ1n) is 8.68. The molecule has 2 N–H and O–H groups in total. The molecule has 0 aliphatic heterocycles. The molecule has 1 aliphatic carbocycles. The fourth-order valence-electron chi connectivity index (χ4n) is 4.02. The van der Waals surface area contributed by atoms with Crippen molar-refractivity contribution in [3.05, 3.63) is 71.9 Å². The highest BCUT2D eigenvalue weighted by atomic mass is 15.0. The maximum atomic E-state index is 6.23. The second-order valence-corrected chi connectivity index (χ2v) is 6.84. The molecule has 0 amide bonds. The summed E-state index contributed by atoms with van der Waals surface area (Å²) in [6.07, 6.45) is 7.20. The van der Waals surface area contributed by atoms with Crippen molar-refractivity contribution in [2.45, 2.75) is 44.2 Å². The van der Waals surface area contributed by atoms with Gasteiger partial charge in [0.1, 0.15) is 0 Å². The van der Waals surface area contributed by atoms with E-state index in [2.05, 4.69) is 65.4 Å². The number of para-hydroxylation sites is 1. The molecule has 23 heavy (non-hydrogen) atoms. The van der Waals surface area contributed by atoms with E-state index in [1.54, 1.807) is 0 Å². The SMILES string of the molecule is NC1CCCC(c2cn(Cc3ccccc3)c3ccccc23)C1. The van der Waals surface area contributed by atoms with Crippen LogP contribution < -0.4 is 5.73 Å². The lowest BCUT2D eigenvalue weighted by molar-refractivity contribution is 0.394. The third-order valence-electron chi connectivity index (χ3n) is 5.17. The third-order valence-corrected chi connectivity index (χ3v) is 5.17. The Morgan fingerprint density at radius 1 is 0.957 bits per heavy atom. The highest BCUT2D eigenvalue weighted by Crippen LogP contribution is 2.37. The normalized spacial score (nSPS) is 21.6. The van der Waals surface area contributed by atoms with Crippen molar-refractivity contribution >= 4 is 10.9 Å².